The zero-order chi connectivity index (χ0) is 17.5. The van der Waals surface area contributed by atoms with Crippen LogP contribution in [0.5, 0.6) is 0 Å². The molecule has 0 fully saturated rings. The first-order valence-electron chi connectivity index (χ1n) is 8.90. The molecule has 0 unspecified atom stereocenters. The molecule has 130 valence electrons. The highest BCUT2D eigenvalue weighted by molar-refractivity contribution is 5.69. The number of carbonyl (C=O) groups excluding carboxylic acids is 1. The summed E-state index contributed by atoms with van der Waals surface area (Å²) in [7, 11) is 0. The molecule has 0 aliphatic heterocycles. The van der Waals surface area contributed by atoms with E-state index in [4.69, 9.17) is 4.74 Å². The van der Waals surface area contributed by atoms with Crippen LogP contribution < -0.4 is 0 Å². The van der Waals surface area contributed by atoms with Gasteiger partial charge in [0.25, 0.3) is 0 Å². The third-order valence-corrected chi connectivity index (χ3v) is 4.41. The highest BCUT2D eigenvalue weighted by Crippen LogP contribution is 2.30. The van der Waals surface area contributed by atoms with Crippen molar-refractivity contribution in [3.05, 3.63) is 47.3 Å². The fourth-order valence-corrected chi connectivity index (χ4v) is 3.05. The highest BCUT2D eigenvalue weighted by atomic mass is 16.5. The van der Waals surface area contributed by atoms with E-state index in [-0.39, 0.29) is 5.97 Å². The fraction of sp³-hybridized carbons (Fsp3) is 0.500. The van der Waals surface area contributed by atoms with Crippen LogP contribution in [0, 0.1) is 6.92 Å². The monoisotopic (exact) mass is 328 g/mol. The van der Waals surface area contributed by atoms with Gasteiger partial charge in [-0.15, -0.1) is 0 Å². The molecule has 0 saturated heterocycles. The number of nitrogens with zero attached hydrogens (tertiary/aromatic N) is 2. The normalized spacial score (nSPS) is 11.0. The average molecular weight is 328 g/mol. The number of esters is 1. The summed E-state index contributed by atoms with van der Waals surface area (Å²) in [6.45, 7) is 8.72. The maximum atomic E-state index is 11.6. The lowest BCUT2D eigenvalue weighted by Gasteiger charge is -2.19. The second-order valence-electron chi connectivity index (χ2n) is 6.11. The summed E-state index contributed by atoms with van der Waals surface area (Å²) in [5.41, 5.74) is 4.63. The number of benzene rings is 1. The third kappa shape index (κ3) is 4.47. The van der Waals surface area contributed by atoms with Gasteiger partial charge in [0, 0.05) is 12.6 Å². The van der Waals surface area contributed by atoms with Crippen LogP contribution in [0.3, 0.4) is 0 Å². The van der Waals surface area contributed by atoms with E-state index >= 15 is 0 Å². The van der Waals surface area contributed by atoms with Gasteiger partial charge in [0.2, 0.25) is 0 Å². The van der Waals surface area contributed by atoms with E-state index in [1.807, 2.05) is 30.8 Å². The predicted molar refractivity (Wildman–Crippen MR) is 96.6 cm³/mol. The van der Waals surface area contributed by atoms with Crippen LogP contribution in [-0.2, 0) is 16.0 Å². The molecule has 0 N–H and O–H groups in total. The summed E-state index contributed by atoms with van der Waals surface area (Å²) < 4.78 is 6.98. The van der Waals surface area contributed by atoms with Gasteiger partial charge in [-0.05, 0) is 62.3 Å². The zero-order valence-corrected chi connectivity index (χ0v) is 15.2. The lowest BCUT2D eigenvalue weighted by molar-refractivity contribution is -0.143. The van der Waals surface area contributed by atoms with E-state index in [1.54, 1.807) is 0 Å². The van der Waals surface area contributed by atoms with Crippen molar-refractivity contribution in [1.82, 2.24) is 9.78 Å². The van der Waals surface area contributed by atoms with Gasteiger partial charge < -0.3 is 4.74 Å². The summed E-state index contributed by atoms with van der Waals surface area (Å²) in [6, 6.07) is 8.48. The van der Waals surface area contributed by atoms with Crippen molar-refractivity contribution >= 4 is 5.97 Å². The van der Waals surface area contributed by atoms with E-state index in [1.165, 1.54) is 11.1 Å². The molecular formula is C20H28N2O2. The van der Waals surface area contributed by atoms with Gasteiger partial charge in [0.1, 0.15) is 0 Å². The molecule has 0 aliphatic rings. The Balaban J connectivity index is 2.30. The lowest BCUT2D eigenvalue weighted by Crippen LogP contribution is -2.08. The van der Waals surface area contributed by atoms with Crippen molar-refractivity contribution in [2.75, 3.05) is 6.61 Å². The Kier molecular flexibility index (Phi) is 6.59. The zero-order valence-electron chi connectivity index (χ0n) is 15.2. The van der Waals surface area contributed by atoms with Gasteiger partial charge in [0.15, 0.2) is 0 Å². The predicted octanol–water partition coefficient (Wildman–Crippen LogP) is 4.58. The van der Waals surface area contributed by atoms with Gasteiger partial charge in [-0.25, -0.2) is 4.68 Å². The Morgan fingerprint density at radius 2 is 1.96 bits per heavy atom. The Morgan fingerprint density at radius 3 is 2.54 bits per heavy atom. The molecule has 4 heteroatoms. The van der Waals surface area contributed by atoms with Gasteiger partial charge >= 0.3 is 5.97 Å². The minimum absolute atomic E-state index is 0.131. The molecule has 0 amide bonds. The number of hydrogen-bond donors (Lipinski definition) is 0. The Morgan fingerprint density at radius 1 is 1.21 bits per heavy atom. The molecule has 0 aliphatic carbocycles. The SMILES string of the molecule is CCOC(=O)CCc1ccc(-n2ccc(C)n2)c(C(CC)CC)c1. The topological polar surface area (TPSA) is 44.1 Å². The number of hydrogen-bond acceptors (Lipinski definition) is 3. The number of rotatable bonds is 8. The van der Waals surface area contributed by atoms with Crippen LogP contribution >= 0.6 is 0 Å². The molecule has 1 heterocycles. The van der Waals surface area contributed by atoms with Gasteiger partial charge in [0.05, 0.1) is 18.0 Å². The number of aromatic nitrogens is 2. The summed E-state index contributed by atoms with van der Waals surface area (Å²) in [6.07, 6.45) is 5.33. The maximum Gasteiger partial charge on any atom is 0.306 e. The van der Waals surface area contributed by atoms with Crippen molar-refractivity contribution in [3.8, 4) is 5.69 Å². The quantitative estimate of drug-likeness (QED) is 0.666. The highest BCUT2D eigenvalue weighted by Gasteiger charge is 2.15. The molecule has 4 nitrogen and oxygen atoms in total. The minimum Gasteiger partial charge on any atom is -0.466 e. The summed E-state index contributed by atoms with van der Waals surface area (Å²) in [5.74, 6) is 0.361. The number of aryl methyl sites for hydroxylation is 2. The lowest BCUT2D eigenvalue weighted by atomic mass is 9.90. The number of ether oxygens (including phenoxy) is 1. The molecule has 2 aromatic rings. The largest absolute Gasteiger partial charge is 0.466 e. The van der Waals surface area contributed by atoms with Crippen molar-refractivity contribution < 1.29 is 9.53 Å². The summed E-state index contributed by atoms with van der Waals surface area (Å²) >= 11 is 0. The summed E-state index contributed by atoms with van der Waals surface area (Å²) in [4.78, 5) is 11.6. The van der Waals surface area contributed by atoms with E-state index in [9.17, 15) is 4.79 Å². The van der Waals surface area contributed by atoms with Crippen LogP contribution in [0.25, 0.3) is 5.69 Å². The Bertz CT molecular complexity index is 672. The van der Waals surface area contributed by atoms with Crippen molar-refractivity contribution in [2.45, 2.75) is 59.3 Å². The van der Waals surface area contributed by atoms with Gasteiger partial charge in [-0.3, -0.25) is 4.79 Å². The second kappa shape index (κ2) is 8.67. The molecule has 0 bridgehead atoms. The van der Waals surface area contributed by atoms with Crippen molar-refractivity contribution in [3.63, 3.8) is 0 Å². The van der Waals surface area contributed by atoms with Crippen LogP contribution in [0.1, 0.15) is 62.8 Å². The fourth-order valence-electron chi connectivity index (χ4n) is 3.05. The molecule has 0 atom stereocenters. The molecule has 1 aromatic heterocycles. The molecule has 1 aromatic carbocycles. The molecule has 0 radical (unpaired) electrons. The molecule has 24 heavy (non-hydrogen) atoms. The standard InChI is InChI=1S/C20H28N2O2/c1-5-17(6-2)18-14-16(9-11-20(23)24-7-3)8-10-19(18)22-13-12-15(4)21-22/h8,10,12-14,17H,5-7,9,11H2,1-4H3. The van der Waals surface area contributed by atoms with Crippen LogP contribution in [-0.4, -0.2) is 22.4 Å². The molecular weight excluding hydrogens is 300 g/mol. The van der Waals surface area contributed by atoms with Gasteiger partial charge in [-0.2, -0.15) is 5.10 Å². The third-order valence-electron chi connectivity index (χ3n) is 4.41. The maximum absolute atomic E-state index is 11.6. The second-order valence-corrected chi connectivity index (χ2v) is 6.11. The van der Waals surface area contributed by atoms with E-state index in [2.05, 4.69) is 37.1 Å². The smallest absolute Gasteiger partial charge is 0.306 e. The molecule has 0 saturated carbocycles. The van der Waals surface area contributed by atoms with E-state index in [0.717, 1.165) is 24.2 Å². The molecule has 2 rings (SSSR count). The van der Waals surface area contributed by atoms with Crippen LogP contribution in [0.15, 0.2) is 30.5 Å². The Hall–Kier alpha value is -2.10. The van der Waals surface area contributed by atoms with Crippen LogP contribution in [0.2, 0.25) is 0 Å². The molecule has 0 spiro atoms. The van der Waals surface area contributed by atoms with E-state index in [0.29, 0.717) is 25.4 Å². The van der Waals surface area contributed by atoms with Crippen molar-refractivity contribution in [2.24, 2.45) is 0 Å². The minimum atomic E-state index is -0.131. The van der Waals surface area contributed by atoms with Crippen LogP contribution in [0.4, 0.5) is 0 Å². The van der Waals surface area contributed by atoms with E-state index < -0.39 is 0 Å². The van der Waals surface area contributed by atoms with Crippen molar-refractivity contribution in [1.29, 1.82) is 0 Å². The number of carbonyl (C=O) groups is 1. The van der Waals surface area contributed by atoms with Gasteiger partial charge in [-0.1, -0.05) is 26.0 Å². The first kappa shape index (κ1) is 18.2. The first-order chi connectivity index (χ1) is 11.6. The Labute approximate surface area is 144 Å². The first-order valence-corrected chi connectivity index (χ1v) is 8.90. The average Bonchev–Trinajstić information content (AvgIpc) is 3.01. The summed E-state index contributed by atoms with van der Waals surface area (Å²) in [5, 5.41) is 4.56.